The smallest absolute Gasteiger partial charge is 0.338 e. The van der Waals surface area contributed by atoms with Crippen molar-refractivity contribution >= 4 is 17.8 Å². The van der Waals surface area contributed by atoms with Gasteiger partial charge < -0.3 is 4.74 Å². The molecule has 5 heteroatoms. The highest BCUT2D eigenvalue weighted by molar-refractivity contribution is 6.21. The molecule has 0 bridgehead atoms. The van der Waals surface area contributed by atoms with Crippen molar-refractivity contribution in [2.24, 2.45) is 0 Å². The number of benzene rings is 2. The third-order valence-corrected chi connectivity index (χ3v) is 3.79. The molecule has 0 aliphatic carbocycles. The van der Waals surface area contributed by atoms with E-state index in [4.69, 9.17) is 4.74 Å². The van der Waals surface area contributed by atoms with Gasteiger partial charge in [-0.2, -0.15) is 0 Å². The van der Waals surface area contributed by atoms with Crippen molar-refractivity contribution in [3.63, 3.8) is 0 Å². The molecule has 0 radical (unpaired) electrons. The van der Waals surface area contributed by atoms with Crippen molar-refractivity contribution in [3.05, 3.63) is 70.8 Å². The van der Waals surface area contributed by atoms with Crippen molar-refractivity contribution in [1.82, 2.24) is 4.90 Å². The van der Waals surface area contributed by atoms with Crippen LogP contribution in [0.1, 0.15) is 36.6 Å². The molecule has 0 atom stereocenters. The third kappa shape index (κ3) is 2.73. The lowest BCUT2D eigenvalue weighted by molar-refractivity contribution is 0.0420. The Morgan fingerprint density at radius 2 is 1.52 bits per heavy atom. The average Bonchev–Trinajstić information content (AvgIpc) is 2.80. The highest BCUT2D eigenvalue weighted by atomic mass is 16.5. The average molecular weight is 309 g/mol. The highest BCUT2D eigenvalue weighted by Gasteiger charge is 2.34. The number of amides is 2. The molecule has 23 heavy (non-hydrogen) atoms. The van der Waals surface area contributed by atoms with Gasteiger partial charge in [0.05, 0.1) is 23.2 Å². The van der Waals surface area contributed by atoms with E-state index < -0.39 is 5.97 Å². The predicted octanol–water partition coefficient (Wildman–Crippen LogP) is 2.45. The van der Waals surface area contributed by atoms with Crippen LogP contribution in [0.4, 0.5) is 0 Å². The Balaban J connectivity index is 1.62. The van der Waals surface area contributed by atoms with Crippen LogP contribution in [-0.4, -0.2) is 35.8 Å². The first kappa shape index (κ1) is 15.0. The Morgan fingerprint density at radius 1 is 0.957 bits per heavy atom. The van der Waals surface area contributed by atoms with Gasteiger partial charge in [0.1, 0.15) is 6.61 Å². The van der Waals surface area contributed by atoms with Crippen LogP contribution in [0.5, 0.6) is 0 Å². The van der Waals surface area contributed by atoms with Crippen LogP contribution >= 0.6 is 0 Å². The summed E-state index contributed by atoms with van der Waals surface area (Å²) in [6, 6.07) is 13.8. The van der Waals surface area contributed by atoms with Crippen LogP contribution < -0.4 is 0 Å². The lowest BCUT2D eigenvalue weighted by Gasteiger charge is -2.14. The number of fused-ring (bicyclic) bond motifs is 1. The Bertz CT molecular complexity index is 762. The van der Waals surface area contributed by atoms with Crippen LogP contribution in [0.3, 0.4) is 0 Å². The van der Waals surface area contributed by atoms with Crippen LogP contribution in [0.25, 0.3) is 0 Å². The summed E-state index contributed by atoms with van der Waals surface area (Å²) in [5.41, 5.74) is 2.08. The zero-order chi connectivity index (χ0) is 16.4. The van der Waals surface area contributed by atoms with E-state index in [1.54, 1.807) is 36.4 Å². The number of ether oxygens (including phenoxy) is 1. The monoisotopic (exact) mass is 309 g/mol. The topological polar surface area (TPSA) is 63.7 Å². The number of imide groups is 1. The molecule has 0 saturated carbocycles. The summed E-state index contributed by atoms with van der Waals surface area (Å²) in [5.74, 6) is -1.16. The first-order valence-corrected chi connectivity index (χ1v) is 7.27. The fraction of sp³-hybridized carbons (Fsp3) is 0.167. The molecule has 0 saturated heterocycles. The van der Waals surface area contributed by atoms with Gasteiger partial charge in [0.2, 0.25) is 0 Å². The van der Waals surface area contributed by atoms with Gasteiger partial charge in [-0.15, -0.1) is 0 Å². The summed E-state index contributed by atoms with van der Waals surface area (Å²) in [6.07, 6.45) is 0. The molecule has 0 spiro atoms. The molecule has 2 aromatic rings. The van der Waals surface area contributed by atoms with Crippen LogP contribution in [0, 0.1) is 6.92 Å². The zero-order valence-electron chi connectivity index (χ0n) is 12.6. The van der Waals surface area contributed by atoms with E-state index in [1.807, 2.05) is 19.1 Å². The molecule has 1 heterocycles. The molecule has 116 valence electrons. The van der Waals surface area contributed by atoms with Gasteiger partial charge in [0.25, 0.3) is 11.8 Å². The van der Waals surface area contributed by atoms with Crippen molar-refractivity contribution in [2.45, 2.75) is 6.92 Å². The molecular formula is C18H15NO4. The molecule has 0 unspecified atom stereocenters. The minimum atomic E-state index is -0.459. The van der Waals surface area contributed by atoms with Gasteiger partial charge in [-0.25, -0.2) is 4.79 Å². The minimum Gasteiger partial charge on any atom is -0.460 e. The second kappa shape index (κ2) is 6.04. The van der Waals surface area contributed by atoms with E-state index in [9.17, 15) is 14.4 Å². The maximum Gasteiger partial charge on any atom is 0.338 e. The Labute approximate surface area is 133 Å². The van der Waals surface area contributed by atoms with Gasteiger partial charge in [-0.1, -0.05) is 30.3 Å². The fourth-order valence-corrected chi connectivity index (χ4v) is 2.55. The van der Waals surface area contributed by atoms with E-state index >= 15 is 0 Å². The first-order chi connectivity index (χ1) is 11.1. The Morgan fingerprint density at radius 3 is 2.13 bits per heavy atom. The number of aryl methyl sites for hydroxylation is 1. The van der Waals surface area contributed by atoms with Gasteiger partial charge in [0, 0.05) is 0 Å². The Kier molecular flexibility index (Phi) is 3.93. The standard InChI is InChI=1S/C18H15NO4/c1-12-6-2-3-7-13(12)18(22)23-11-10-19-16(20)14-8-4-5-9-15(14)17(19)21/h2-9H,10-11H2,1H3. The molecule has 1 aliphatic heterocycles. The minimum absolute atomic E-state index is 0.0291. The molecule has 5 nitrogen and oxygen atoms in total. The summed E-state index contributed by atoms with van der Waals surface area (Å²) in [5, 5.41) is 0. The van der Waals surface area contributed by atoms with Crippen molar-refractivity contribution in [2.75, 3.05) is 13.2 Å². The van der Waals surface area contributed by atoms with E-state index in [0.717, 1.165) is 10.5 Å². The van der Waals surface area contributed by atoms with Crippen LogP contribution in [0.2, 0.25) is 0 Å². The largest absolute Gasteiger partial charge is 0.460 e. The van der Waals surface area contributed by atoms with Gasteiger partial charge in [0.15, 0.2) is 0 Å². The van der Waals surface area contributed by atoms with Crippen molar-refractivity contribution in [1.29, 1.82) is 0 Å². The zero-order valence-corrected chi connectivity index (χ0v) is 12.6. The second-order valence-electron chi connectivity index (χ2n) is 5.26. The molecule has 1 aliphatic rings. The van der Waals surface area contributed by atoms with Gasteiger partial charge in [-0.3, -0.25) is 14.5 Å². The predicted molar refractivity (Wildman–Crippen MR) is 83.3 cm³/mol. The number of carbonyl (C=O) groups is 3. The fourth-order valence-electron chi connectivity index (χ4n) is 2.55. The number of rotatable bonds is 4. The van der Waals surface area contributed by atoms with E-state index in [0.29, 0.717) is 16.7 Å². The molecular weight excluding hydrogens is 294 g/mol. The number of hydrogen-bond acceptors (Lipinski definition) is 4. The Hall–Kier alpha value is -2.95. The molecule has 3 rings (SSSR count). The summed E-state index contributed by atoms with van der Waals surface area (Å²) in [7, 11) is 0. The van der Waals surface area contributed by atoms with Crippen molar-refractivity contribution in [3.8, 4) is 0 Å². The molecule has 2 aromatic carbocycles. The van der Waals surface area contributed by atoms with E-state index in [-0.39, 0.29) is 25.0 Å². The van der Waals surface area contributed by atoms with Crippen LogP contribution in [0.15, 0.2) is 48.5 Å². The lowest BCUT2D eigenvalue weighted by atomic mass is 10.1. The maximum absolute atomic E-state index is 12.2. The summed E-state index contributed by atoms with van der Waals surface area (Å²) >= 11 is 0. The van der Waals surface area contributed by atoms with E-state index in [1.165, 1.54) is 0 Å². The SMILES string of the molecule is Cc1ccccc1C(=O)OCCN1C(=O)c2ccccc2C1=O. The van der Waals surface area contributed by atoms with Gasteiger partial charge in [-0.05, 0) is 30.7 Å². The summed E-state index contributed by atoms with van der Waals surface area (Å²) in [6.45, 7) is 1.84. The van der Waals surface area contributed by atoms with Crippen LogP contribution in [-0.2, 0) is 4.74 Å². The van der Waals surface area contributed by atoms with Gasteiger partial charge >= 0.3 is 5.97 Å². The number of nitrogens with zero attached hydrogens (tertiary/aromatic N) is 1. The number of esters is 1. The highest BCUT2D eigenvalue weighted by Crippen LogP contribution is 2.22. The molecule has 2 amide bonds. The van der Waals surface area contributed by atoms with E-state index in [2.05, 4.69) is 0 Å². The quantitative estimate of drug-likeness (QED) is 0.643. The third-order valence-electron chi connectivity index (χ3n) is 3.79. The lowest BCUT2D eigenvalue weighted by Crippen LogP contribution is -2.33. The normalized spacial score (nSPS) is 13.2. The summed E-state index contributed by atoms with van der Waals surface area (Å²) in [4.78, 5) is 37.5. The second-order valence-corrected chi connectivity index (χ2v) is 5.26. The molecule has 0 N–H and O–H groups in total. The maximum atomic E-state index is 12.2. The van der Waals surface area contributed by atoms with Crippen molar-refractivity contribution < 1.29 is 19.1 Å². The molecule has 0 aromatic heterocycles. The molecule has 0 fully saturated rings. The first-order valence-electron chi connectivity index (χ1n) is 7.27. The number of hydrogen-bond donors (Lipinski definition) is 0. The summed E-state index contributed by atoms with van der Waals surface area (Å²) < 4.78 is 5.18. The number of carbonyl (C=O) groups excluding carboxylic acids is 3.